The number of nitrogens with zero attached hydrogens (tertiary/aromatic N) is 4. The Morgan fingerprint density at radius 2 is 1.85 bits per heavy atom. The Kier molecular flexibility index (Phi) is 16.4. The van der Waals surface area contributed by atoms with Gasteiger partial charge < -0.3 is 14.2 Å². The monoisotopic (exact) mass is 788 g/mol. The van der Waals surface area contributed by atoms with E-state index in [2.05, 4.69) is 23.2 Å². The summed E-state index contributed by atoms with van der Waals surface area (Å²) in [6, 6.07) is 9.08. The maximum Gasteiger partial charge on any atom is 0.475 e. The number of allylic oxidation sites excluding steroid dienone is 2. The standard InChI is InChI=1S/C37H40F3N4O8PS/c1-4-16-49-53(46,50-17-5-2)51-18-8-10-35(45)52-37(24-44-26-42-25-43-44,32-15-14-30(38)20-34(32)40)27(3)54-31-22-47-36(48-23-31)11-7-6-9-29-13-12-28(21-41)19-33(29)39/h4-7,9,11-15,19-20,25-27,31,36H,1-2,8,10,16-18,22-24H2,3H3/b9-6+,11-7+/t27-,31?,36?,37-/m1/s1. The van der Waals surface area contributed by atoms with Crippen LogP contribution in [0.15, 0.2) is 92.6 Å². The molecule has 0 aliphatic carbocycles. The zero-order valence-electron chi connectivity index (χ0n) is 29.4. The van der Waals surface area contributed by atoms with Crippen LogP contribution in [0, 0.1) is 28.8 Å². The summed E-state index contributed by atoms with van der Waals surface area (Å²) in [5.74, 6) is -3.03. The first-order chi connectivity index (χ1) is 26.0. The van der Waals surface area contributed by atoms with Crippen LogP contribution in [0.1, 0.15) is 36.5 Å². The minimum Gasteiger partial charge on any atom is -0.451 e. The summed E-state index contributed by atoms with van der Waals surface area (Å²) in [5, 5.41) is 12.1. The van der Waals surface area contributed by atoms with E-state index in [0.29, 0.717) is 11.6 Å². The van der Waals surface area contributed by atoms with Crippen LogP contribution in [0.2, 0.25) is 0 Å². The third-order valence-electron chi connectivity index (χ3n) is 7.75. The second-order valence-corrected chi connectivity index (χ2v) is 15.0. The normalized spacial score (nSPS) is 17.9. The number of esters is 1. The van der Waals surface area contributed by atoms with E-state index in [-0.39, 0.29) is 68.8 Å². The molecule has 288 valence electrons. The molecule has 17 heteroatoms. The average Bonchev–Trinajstić information content (AvgIpc) is 3.67. The largest absolute Gasteiger partial charge is 0.475 e. The molecule has 3 aromatic rings. The summed E-state index contributed by atoms with van der Waals surface area (Å²) < 4.78 is 91.9. The summed E-state index contributed by atoms with van der Waals surface area (Å²) in [4.78, 5) is 17.5. The van der Waals surface area contributed by atoms with Gasteiger partial charge in [-0.1, -0.05) is 36.4 Å². The first kappa shape index (κ1) is 42.4. The Bertz CT molecular complexity index is 1850. The van der Waals surface area contributed by atoms with Gasteiger partial charge in [0.15, 0.2) is 11.9 Å². The summed E-state index contributed by atoms with van der Waals surface area (Å²) >= 11 is 1.32. The number of carbonyl (C=O) groups excluding carboxylic acids is 1. The number of ether oxygens (including phenoxy) is 3. The second-order valence-electron chi connectivity index (χ2n) is 11.7. The number of thioether (sulfide) groups is 1. The molecular formula is C37H40F3N4O8PS. The van der Waals surface area contributed by atoms with Gasteiger partial charge in [0.1, 0.15) is 30.1 Å². The van der Waals surface area contributed by atoms with Gasteiger partial charge in [-0.3, -0.25) is 18.4 Å². The second kappa shape index (κ2) is 20.9. The molecule has 0 bridgehead atoms. The van der Waals surface area contributed by atoms with Crippen molar-refractivity contribution >= 4 is 31.6 Å². The number of rotatable bonds is 21. The molecule has 2 heterocycles. The fourth-order valence-corrected chi connectivity index (χ4v) is 7.69. The highest BCUT2D eigenvalue weighted by molar-refractivity contribution is 8.00. The van der Waals surface area contributed by atoms with Crippen molar-refractivity contribution in [1.82, 2.24) is 14.8 Å². The highest BCUT2D eigenvalue weighted by Gasteiger charge is 2.46. The number of hydrogen-bond acceptors (Lipinski definition) is 12. The van der Waals surface area contributed by atoms with Crippen LogP contribution in [0.5, 0.6) is 0 Å². The van der Waals surface area contributed by atoms with Crippen molar-refractivity contribution in [2.75, 3.05) is 33.0 Å². The molecule has 0 saturated carbocycles. The molecule has 4 rings (SSSR count). The van der Waals surface area contributed by atoms with E-state index in [9.17, 15) is 18.1 Å². The number of phosphoric ester groups is 1. The van der Waals surface area contributed by atoms with Gasteiger partial charge in [0.05, 0.1) is 56.5 Å². The zero-order valence-corrected chi connectivity index (χ0v) is 31.1. The van der Waals surface area contributed by atoms with Crippen molar-refractivity contribution in [1.29, 1.82) is 5.26 Å². The van der Waals surface area contributed by atoms with Gasteiger partial charge in [-0.2, -0.15) is 10.4 Å². The van der Waals surface area contributed by atoms with Gasteiger partial charge in [-0.15, -0.1) is 24.9 Å². The van der Waals surface area contributed by atoms with Crippen LogP contribution >= 0.6 is 19.6 Å². The van der Waals surface area contributed by atoms with Gasteiger partial charge >= 0.3 is 13.8 Å². The van der Waals surface area contributed by atoms with E-state index < -0.39 is 48.4 Å². The molecule has 2 aromatic carbocycles. The zero-order chi connectivity index (χ0) is 39.0. The van der Waals surface area contributed by atoms with Gasteiger partial charge in [-0.05, 0) is 43.7 Å². The van der Waals surface area contributed by atoms with E-state index in [4.69, 9.17) is 33.0 Å². The number of carbonyl (C=O) groups is 1. The summed E-state index contributed by atoms with van der Waals surface area (Å²) in [5.41, 5.74) is -1.30. The number of benzene rings is 2. The molecule has 54 heavy (non-hydrogen) atoms. The molecule has 12 nitrogen and oxygen atoms in total. The summed E-state index contributed by atoms with van der Waals surface area (Å²) in [6.45, 7) is 8.58. The number of hydrogen-bond donors (Lipinski definition) is 0. The minimum atomic E-state index is -3.97. The number of aromatic nitrogens is 3. The number of nitriles is 1. The highest BCUT2D eigenvalue weighted by Crippen LogP contribution is 2.49. The van der Waals surface area contributed by atoms with Crippen LogP contribution in [0.3, 0.4) is 0 Å². The van der Waals surface area contributed by atoms with Crippen LogP contribution in [0.4, 0.5) is 13.2 Å². The van der Waals surface area contributed by atoms with Crippen molar-refractivity contribution in [3.63, 3.8) is 0 Å². The molecule has 0 amide bonds. The Labute approximate surface area is 315 Å². The smallest absolute Gasteiger partial charge is 0.451 e. The topological polar surface area (TPSA) is 144 Å². The molecule has 1 aliphatic rings. The molecule has 1 aromatic heterocycles. The molecule has 0 radical (unpaired) electrons. The molecule has 1 saturated heterocycles. The SMILES string of the molecule is C=CCOP(=O)(OCC=C)OCCCC(=O)O[C@@](Cn1cncn1)(c1ccc(F)cc1F)[C@@H](C)SC1COC(/C=C/C=C/c2ccc(C#N)cc2F)OC1. The number of phosphoric acid groups is 1. The third-order valence-corrected chi connectivity index (χ3v) is 10.6. The Morgan fingerprint density at radius 3 is 2.48 bits per heavy atom. The van der Waals surface area contributed by atoms with Crippen LogP contribution in [-0.2, 0) is 49.3 Å². The van der Waals surface area contributed by atoms with E-state index in [1.165, 1.54) is 59.4 Å². The van der Waals surface area contributed by atoms with Crippen LogP contribution in [0.25, 0.3) is 6.08 Å². The first-order valence-electron chi connectivity index (χ1n) is 16.7. The fourth-order valence-electron chi connectivity index (χ4n) is 5.17. The lowest BCUT2D eigenvalue weighted by Gasteiger charge is -2.40. The lowest BCUT2D eigenvalue weighted by Crippen LogP contribution is -2.47. The predicted octanol–water partition coefficient (Wildman–Crippen LogP) is 7.45. The molecule has 1 fully saturated rings. The molecule has 2 atom stereocenters. The van der Waals surface area contributed by atoms with E-state index in [1.54, 1.807) is 31.2 Å². The van der Waals surface area contributed by atoms with Crippen molar-refractivity contribution in [2.24, 2.45) is 0 Å². The lowest BCUT2D eigenvalue weighted by atomic mass is 9.89. The molecule has 1 aliphatic heterocycles. The van der Waals surface area contributed by atoms with Gasteiger partial charge in [0.25, 0.3) is 0 Å². The lowest BCUT2D eigenvalue weighted by molar-refractivity contribution is -0.164. The van der Waals surface area contributed by atoms with E-state index in [0.717, 1.165) is 12.1 Å². The highest BCUT2D eigenvalue weighted by atomic mass is 32.2. The van der Waals surface area contributed by atoms with Crippen LogP contribution in [-0.4, -0.2) is 70.6 Å². The molecular weight excluding hydrogens is 748 g/mol. The Balaban J connectivity index is 1.46. The summed E-state index contributed by atoms with van der Waals surface area (Å²) in [7, 11) is -3.97. The van der Waals surface area contributed by atoms with E-state index in [1.807, 2.05) is 6.07 Å². The third kappa shape index (κ3) is 12.4. The maximum absolute atomic E-state index is 15.7. The van der Waals surface area contributed by atoms with Crippen molar-refractivity contribution in [3.05, 3.63) is 127 Å². The van der Waals surface area contributed by atoms with Crippen molar-refractivity contribution < 1.29 is 50.3 Å². The predicted molar refractivity (Wildman–Crippen MR) is 195 cm³/mol. The number of halogens is 3. The molecule has 0 unspecified atom stereocenters. The van der Waals surface area contributed by atoms with Crippen LogP contribution < -0.4 is 0 Å². The fraction of sp³-hybridized carbons (Fsp3) is 0.351. The maximum atomic E-state index is 15.7. The first-order valence-corrected chi connectivity index (χ1v) is 19.1. The van der Waals surface area contributed by atoms with Gasteiger partial charge in [0, 0.05) is 28.9 Å². The van der Waals surface area contributed by atoms with Gasteiger partial charge in [-0.25, -0.2) is 27.4 Å². The summed E-state index contributed by atoms with van der Waals surface area (Å²) in [6.07, 6.45) is 10.9. The Hall–Kier alpha value is -4.33. The average molecular weight is 789 g/mol. The van der Waals surface area contributed by atoms with Gasteiger partial charge in [0.2, 0.25) is 0 Å². The van der Waals surface area contributed by atoms with Crippen molar-refractivity contribution in [2.45, 2.75) is 48.7 Å². The quantitative estimate of drug-likeness (QED) is 0.0348. The molecule has 0 spiro atoms. The van der Waals surface area contributed by atoms with E-state index >= 15 is 4.39 Å². The minimum absolute atomic E-state index is 0.0291. The van der Waals surface area contributed by atoms with Crippen molar-refractivity contribution in [3.8, 4) is 6.07 Å². The molecule has 0 N–H and O–H groups in total. The Morgan fingerprint density at radius 1 is 1.11 bits per heavy atom.